The minimum atomic E-state index is 0.149. The number of hydrogen-bond acceptors (Lipinski definition) is 3. The summed E-state index contributed by atoms with van der Waals surface area (Å²) in [6.07, 6.45) is 5.24. The number of nitrogens with one attached hydrogen (secondary N) is 2. The van der Waals surface area contributed by atoms with Crippen LogP contribution in [-0.2, 0) is 9.53 Å². The largest absolute Gasteiger partial charge is 0.376 e. The van der Waals surface area contributed by atoms with Gasteiger partial charge in [-0.05, 0) is 32.4 Å². The van der Waals surface area contributed by atoms with E-state index in [-0.39, 0.29) is 5.91 Å². The molecule has 0 aliphatic carbocycles. The van der Waals surface area contributed by atoms with Gasteiger partial charge in [0.25, 0.3) is 0 Å². The number of piperidine rings is 1. The molecule has 94 valence electrons. The first-order valence-electron chi connectivity index (χ1n) is 6.42. The molecule has 0 aromatic rings. The van der Waals surface area contributed by atoms with Crippen molar-refractivity contribution in [1.29, 1.82) is 0 Å². The maximum atomic E-state index is 11.3. The Bertz CT molecular complexity index is 191. The van der Waals surface area contributed by atoms with Crippen molar-refractivity contribution in [3.8, 4) is 0 Å². The summed E-state index contributed by atoms with van der Waals surface area (Å²) < 4.78 is 5.68. The van der Waals surface area contributed by atoms with Crippen molar-refractivity contribution < 1.29 is 9.53 Å². The van der Waals surface area contributed by atoms with Crippen molar-refractivity contribution in [2.75, 3.05) is 26.2 Å². The zero-order valence-electron chi connectivity index (χ0n) is 10.3. The highest BCUT2D eigenvalue weighted by molar-refractivity contribution is 5.75. The van der Waals surface area contributed by atoms with E-state index in [4.69, 9.17) is 4.74 Å². The van der Waals surface area contributed by atoms with Gasteiger partial charge in [-0.15, -0.1) is 0 Å². The number of carbonyl (C=O) groups is 1. The molecule has 0 radical (unpaired) electrons. The maximum Gasteiger partial charge on any atom is 0.220 e. The van der Waals surface area contributed by atoms with Crippen molar-refractivity contribution in [2.45, 2.75) is 45.1 Å². The lowest BCUT2D eigenvalue weighted by atomic mass is 10.1. The molecule has 1 fully saturated rings. The second kappa shape index (κ2) is 8.53. The van der Waals surface area contributed by atoms with Gasteiger partial charge in [0, 0.05) is 13.0 Å². The molecule has 0 bridgehead atoms. The molecular weight excluding hydrogens is 204 g/mol. The van der Waals surface area contributed by atoms with E-state index in [1.54, 1.807) is 0 Å². The van der Waals surface area contributed by atoms with Gasteiger partial charge in [-0.25, -0.2) is 0 Å². The Balaban J connectivity index is 1.92. The summed E-state index contributed by atoms with van der Waals surface area (Å²) >= 11 is 0. The predicted octanol–water partition coefficient (Wildman–Crippen LogP) is 1.06. The number of unbranched alkanes of at least 4 members (excludes halogenated alkanes) is 1. The molecule has 0 spiro atoms. The first-order valence-corrected chi connectivity index (χ1v) is 6.42. The van der Waals surface area contributed by atoms with E-state index in [1.807, 2.05) is 0 Å². The number of rotatable bonds is 7. The van der Waals surface area contributed by atoms with E-state index in [0.29, 0.717) is 25.7 Å². The zero-order valence-corrected chi connectivity index (χ0v) is 10.3. The number of hydrogen-bond donors (Lipinski definition) is 2. The highest BCUT2D eigenvalue weighted by Crippen LogP contribution is 2.06. The van der Waals surface area contributed by atoms with Crippen LogP contribution in [0.15, 0.2) is 0 Å². The minimum absolute atomic E-state index is 0.149. The standard InChI is InChI=1S/C12H24N2O2/c1-2-3-4-12(15)14-9-10-16-11-5-7-13-8-6-11/h11,13H,2-10H2,1H3,(H,14,15). The van der Waals surface area contributed by atoms with Crippen LogP contribution in [0.3, 0.4) is 0 Å². The minimum Gasteiger partial charge on any atom is -0.376 e. The second-order valence-corrected chi connectivity index (χ2v) is 4.27. The maximum absolute atomic E-state index is 11.3. The molecule has 16 heavy (non-hydrogen) atoms. The summed E-state index contributed by atoms with van der Waals surface area (Å²) in [5.41, 5.74) is 0. The molecule has 0 saturated carbocycles. The second-order valence-electron chi connectivity index (χ2n) is 4.27. The Morgan fingerprint density at radius 3 is 2.88 bits per heavy atom. The van der Waals surface area contributed by atoms with Crippen LogP contribution in [0.4, 0.5) is 0 Å². The Kier molecular flexibility index (Phi) is 7.17. The van der Waals surface area contributed by atoms with E-state index < -0.39 is 0 Å². The number of carbonyl (C=O) groups excluding carboxylic acids is 1. The molecule has 1 aliphatic rings. The lowest BCUT2D eigenvalue weighted by molar-refractivity contribution is -0.121. The van der Waals surface area contributed by atoms with Gasteiger partial charge in [-0.2, -0.15) is 0 Å². The predicted molar refractivity (Wildman–Crippen MR) is 64.4 cm³/mol. The molecular formula is C12H24N2O2. The van der Waals surface area contributed by atoms with Crippen LogP contribution in [0.2, 0.25) is 0 Å². The number of ether oxygens (including phenoxy) is 1. The van der Waals surface area contributed by atoms with Crippen LogP contribution in [-0.4, -0.2) is 38.3 Å². The van der Waals surface area contributed by atoms with Crippen LogP contribution in [0.1, 0.15) is 39.0 Å². The molecule has 1 rings (SSSR count). The van der Waals surface area contributed by atoms with Gasteiger partial charge in [0.05, 0.1) is 12.7 Å². The summed E-state index contributed by atoms with van der Waals surface area (Å²) in [6.45, 7) is 5.48. The number of amides is 1. The fraction of sp³-hybridized carbons (Fsp3) is 0.917. The van der Waals surface area contributed by atoms with Crippen LogP contribution in [0, 0.1) is 0 Å². The lowest BCUT2D eigenvalue weighted by Crippen LogP contribution is -2.34. The molecule has 0 aromatic heterocycles. The summed E-state index contributed by atoms with van der Waals surface area (Å²) in [5.74, 6) is 0.149. The SMILES string of the molecule is CCCCC(=O)NCCOC1CCNCC1. The van der Waals surface area contributed by atoms with Gasteiger partial charge in [0.1, 0.15) is 0 Å². The van der Waals surface area contributed by atoms with Crippen LogP contribution >= 0.6 is 0 Å². The summed E-state index contributed by atoms with van der Waals surface area (Å²) in [4.78, 5) is 11.3. The quantitative estimate of drug-likeness (QED) is 0.641. The molecule has 4 nitrogen and oxygen atoms in total. The van der Waals surface area contributed by atoms with Crippen LogP contribution in [0.25, 0.3) is 0 Å². The highest BCUT2D eigenvalue weighted by atomic mass is 16.5. The molecule has 0 unspecified atom stereocenters. The van der Waals surface area contributed by atoms with Crippen molar-refractivity contribution in [3.05, 3.63) is 0 Å². The molecule has 4 heteroatoms. The fourth-order valence-corrected chi connectivity index (χ4v) is 1.80. The molecule has 1 amide bonds. The normalized spacial score (nSPS) is 17.3. The Morgan fingerprint density at radius 1 is 1.44 bits per heavy atom. The molecule has 0 atom stereocenters. The first kappa shape index (κ1) is 13.5. The lowest BCUT2D eigenvalue weighted by Gasteiger charge is -2.22. The van der Waals surface area contributed by atoms with E-state index in [0.717, 1.165) is 38.8 Å². The molecule has 1 aliphatic heterocycles. The third-order valence-electron chi connectivity index (χ3n) is 2.82. The third kappa shape index (κ3) is 6.08. The Morgan fingerprint density at radius 2 is 2.19 bits per heavy atom. The van der Waals surface area contributed by atoms with Crippen molar-refractivity contribution in [3.63, 3.8) is 0 Å². The monoisotopic (exact) mass is 228 g/mol. The average molecular weight is 228 g/mol. The van der Waals surface area contributed by atoms with Crippen LogP contribution < -0.4 is 10.6 Å². The molecule has 0 aromatic carbocycles. The molecule has 1 heterocycles. The van der Waals surface area contributed by atoms with E-state index in [1.165, 1.54) is 0 Å². The van der Waals surface area contributed by atoms with Gasteiger partial charge >= 0.3 is 0 Å². The van der Waals surface area contributed by atoms with E-state index in [2.05, 4.69) is 17.6 Å². The van der Waals surface area contributed by atoms with Gasteiger partial charge in [-0.3, -0.25) is 4.79 Å². The van der Waals surface area contributed by atoms with Crippen LogP contribution in [0.5, 0.6) is 0 Å². The van der Waals surface area contributed by atoms with E-state index >= 15 is 0 Å². The molecule has 1 saturated heterocycles. The highest BCUT2D eigenvalue weighted by Gasteiger charge is 2.12. The Hall–Kier alpha value is -0.610. The topological polar surface area (TPSA) is 50.4 Å². The third-order valence-corrected chi connectivity index (χ3v) is 2.82. The van der Waals surface area contributed by atoms with Gasteiger partial charge in [0.15, 0.2) is 0 Å². The Labute approximate surface area is 98.1 Å². The smallest absolute Gasteiger partial charge is 0.220 e. The van der Waals surface area contributed by atoms with E-state index in [9.17, 15) is 4.79 Å². The summed E-state index contributed by atoms with van der Waals surface area (Å²) in [6, 6.07) is 0. The van der Waals surface area contributed by atoms with Gasteiger partial charge < -0.3 is 15.4 Å². The average Bonchev–Trinajstić information content (AvgIpc) is 2.33. The van der Waals surface area contributed by atoms with Crippen molar-refractivity contribution >= 4 is 5.91 Å². The van der Waals surface area contributed by atoms with Gasteiger partial charge in [-0.1, -0.05) is 13.3 Å². The summed E-state index contributed by atoms with van der Waals surface area (Å²) in [7, 11) is 0. The zero-order chi connectivity index (χ0) is 11.6. The van der Waals surface area contributed by atoms with Crippen molar-refractivity contribution in [1.82, 2.24) is 10.6 Å². The fourth-order valence-electron chi connectivity index (χ4n) is 1.80. The van der Waals surface area contributed by atoms with Crippen molar-refractivity contribution in [2.24, 2.45) is 0 Å². The summed E-state index contributed by atoms with van der Waals surface area (Å²) in [5, 5.41) is 6.17. The first-order chi connectivity index (χ1) is 7.83. The molecule has 2 N–H and O–H groups in total. The van der Waals surface area contributed by atoms with Gasteiger partial charge in [0.2, 0.25) is 5.91 Å².